The van der Waals surface area contributed by atoms with E-state index in [1.807, 2.05) is 24.3 Å². The molecule has 7 heteroatoms. The average molecular weight is 471 g/mol. The van der Waals surface area contributed by atoms with Crippen LogP contribution in [-0.4, -0.2) is 62.3 Å². The van der Waals surface area contributed by atoms with Crippen LogP contribution in [0.4, 0.5) is 0 Å². The molecule has 0 aliphatic rings. The van der Waals surface area contributed by atoms with E-state index >= 15 is 0 Å². The molecule has 0 spiro atoms. The zero-order chi connectivity index (χ0) is 20.6. The smallest absolute Gasteiger partial charge is 0.139 e. The van der Waals surface area contributed by atoms with Gasteiger partial charge in [-0.15, -0.1) is 24.8 Å². The van der Waals surface area contributed by atoms with Crippen LogP contribution in [-0.2, 0) is 0 Å². The fraction of sp³-hybridized carbons (Fsp3) is 0.500. The molecule has 1 heterocycles. The molecular formula is C24H36Cl2N2O3. The predicted molar refractivity (Wildman–Crippen MR) is 135 cm³/mol. The van der Waals surface area contributed by atoms with Gasteiger partial charge in [0.05, 0.1) is 0 Å². The van der Waals surface area contributed by atoms with E-state index in [1.165, 1.54) is 0 Å². The summed E-state index contributed by atoms with van der Waals surface area (Å²) < 4.78 is 17.9. The molecule has 3 rings (SSSR count). The molecule has 0 bridgehead atoms. The highest BCUT2D eigenvalue weighted by atomic mass is 35.5. The van der Waals surface area contributed by atoms with Crippen LogP contribution in [0.3, 0.4) is 0 Å². The molecule has 0 aliphatic heterocycles. The molecule has 0 unspecified atom stereocenters. The topological polar surface area (TPSA) is 38.1 Å². The average Bonchev–Trinajstić information content (AvgIpc) is 3.11. The lowest BCUT2D eigenvalue weighted by Gasteiger charge is -2.18. The largest absolute Gasteiger partial charge is 0.492 e. The monoisotopic (exact) mass is 470 g/mol. The molecule has 5 nitrogen and oxygen atoms in total. The Morgan fingerprint density at radius 1 is 0.645 bits per heavy atom. The second-order valence-corrected chi connectivity index (χ2v) is 7.17. The fourth-order valence-corrected chi connectivity index (χ4v) is 3.58. The van der Waals surface area contributed by atoms with E-state index in [0.717, 1.165) is 72.7 Å². The van der Waals surface area contributed by atoms with Gasteiger partial charge in [-0.3, -0.25) is 0 Å². The first-order valence-corrected chi connectivity index (χ1v) is 10.8. The van der Waals surface area contributed by atoms with Crippen molar-refractivity contribution in [3.63, 3.8) is 0 Å². The molecule has 0 atom stereocenters. The third kappa shape index (κ3) is 7.18. The number of ether oxygens (including phenoxy) is 2. The number of nitrogens with zero attached hydrogens (tertiary/aromatic N) is 2. The number of benzene rings is 2. The summed E-state index contributed by atoms with van der Waals surface area (Å²) in [7, 11) is 0. The Hall–Kier alpha value is -1.66. The van der Waals surface area contributed by atoms with Crippen LogP contribution in [0, 0.1) is 0 Å². The number of halogens is 2. The van der Waals surface area contributed by atoms with Crippen molar-refractivity contribution >= 4 is 46.8 Å². The van der Waals surface area contributed by atoms with Gasteiger partial charge in [0.15, 0.2) is 0 Å². The van der Waals surface area contributed by atoms with E-state index in [2.05, 4.69) is 49.6 Å². The zero-order valence-corrected chi connectivity index (χ0v) is 20.7. The van der Waals surface area contributed by atoms with Crippen LogP contribution in [0.15, 0.2) is 40.8 Å². The van der Waals surface area contributed by atoms with Crippen molar-refractivity contribution in [3.8, 4) is 11.5 Å². The first-order chi connectivity index (χ1) is 14.2. The Labute approximate surface area is 198 Å². The van der Waals surface area contributed by atoms with E-state index in [-0.39, 0.29) is 24.8 Å². The molecule has 0 N–H and O–H groups in total. The molecule has 0 fully saturated rings. The summed E-state index contributed by atoms with van der Waals surface area (Å²) in [5.74, 6) is 1.73. The Kier molecular flexibility index (Phi) is 12.1. The van der Waals surface area contributed by atoms with Crippen LogP contribution in [0.25, 0.3) is 21.9 Å². The fourth-order valence-electron chi connectivity index (χ4n) is 3.58. The van der Waals surface area contributed by atoms with E-state index < -0.39 is 0 Å². The molecule has 0 aliphatic carbocycles. The minimum absolute atomic E-state index is 0. The van der Waals surface area contributed by atoms with Gasteiger partial charge >= 0.3 is 0 Å². The van der Waals surface area contributed by atoms with Gasteiger partial charge < -0.3 is 23.7 Å². The molecule has 0 amide bonds. The Bertz CT molecular complexity index is 908. The van der Waals surface area contributed by atoms with Gasteiger partial charge in [0, 0.05) is 29.9 Å². The molecule has 3 aromatic rings. The second-order valence-electron chi connectivity index (χ2n) is 7.17. The standard InChI is InChI=1S/C24H34N2O3.2ClH/c1-5-25(6-2)13-15-27-19-10-12-23-22(17-19)21-11-9-20(18-24(21)29-23)28-16-14-26(7-3)8-4;;/h9-12,17-18H,5-8,13-16H2,1-4H3;2*1H. The summed E-state index contributed by atoms with van der Waals surface area (Å²) in [5, 5.41) is 2.17. The molecule has 1 aromatic heterocycles. The molecule has 0 radical (unpaired) electrons. The molecule has 31 heavy (non-hydrogen) atoms. The number of likely N-dealkylation sites (N-methyl/N-ethyl adjacent to an activating group) is 2. The van der Waals surface area contributed by atoms with E-state index in [4.69, 9.17) is 13.9 Å². The lowest BCUT2D eigenvalue weighted by molar-refractivity contribution is 0.223. The van der Waals surface area contributed by atoms with Crippen molar-refractivity contribution < 1.29 is 13.9 Å². The third-order valence-electron chi connectivity index (χ3n) is 5.56. The Morgan fingerprint density at radius 3 is 1.71 bits per heavy atom. The summed E-state index contributed by atoms with van der Waals surface area (Å²) in [6, 6.07) is 12.1. The molecule has 2 aromatic carbocycles. The van der Waals surface area contributed by atoms with Crippen molar-refractivity contribution in [1.29, 1.82) is 0 Å². The molecular weight excluding hydrogens is 435 g/mol. The van der Waals surface area contributed by atoms with Crippen molar-refractivity contribution in [2.24, 2.45) is 0 Å². The summed E-state index contributed by atoms with van der Waals surface area (Å²) in [6.07, 6.45) is 0. The quantitative estimate of drug-likeness (QED) is 0.330. The third-order valence-corrected chi connectivity index (χ3v) is 5.56. The second kappa shape index (κ2) is 13.7. The van der Waals surface area contributed by atoms with E-state index in [9.17, 15) is 0 Å². The number of furan rings is 1. The van der Waals surface area contributed by atoms with Gasteiger partial charge in [-0.1, -0.05) is 27.7 Å². The summed E-state index contributed by atoms with van der Waals surface area (Å²) in [4.78, 5) is 4.70. The minimum atomic E-state index is 0. The highest BCUT2D eigenvalue weighted by Crippen LogP contribution is 2.33. The first kappa shape index (κ1) is 27.4. The molecule has 0 saturated heterocycles. The SMILES string of the molecule is CCN(CC)CCOc1ccc2c(c1)oc1ccc(OCCN(CC)CC)cc12.Cl.Cl. The van der Waals surface area contributed by atoms with Crippen LogP contribution in [0.1, 0.15) is 27.7 Å². The maximum Gasteiger partial charge on any atom is 0.139 e. The number of rotatable bonds is 12. The summed E-state index contributed by atoms with van der Waals surface area (Å²) >= 11 is 0. The minimum Gasteiger partial charge on any atom is -0.492 e. The van der Waals surface area contributed by atoms with Gasteiger partial charge in [-0.2, -0.15) is 0 Å². The molecule has 174 valence electrons. The van der Waals surface area contributed by atoms with Gasteiger partial charge in [-0.05, 0) is 56.5 Å². The summed E-state index contributed by atoms with van der Waals surface area (Å²) in [6.45, 7) is 16.1. The lowest BCUT2D eigenvalue weighted by atomic mass is 10.1. The number of fused-ring (bicyclic) bond motifs is 3. The maximum atomic E-state index is 6.04. The number of hydrogen-bond acceptors (Lipinski definition) is 5. The van der Waals surface area contributed by atoms with E-state index in [0.29, 0.717) is 13.2 Å². The summed E-state index contributed by atoms with van der Waals surface area (Å²) in [5.41, 5.74) is 1.72. The van der Waals surface area contributed by atoms with Crippen LogP contribution in [0.2, 0.25) is 0 Å². The highest BCUT2D eigenvalue weighted by molar-refractivity contribution is 6.05. The van der Waals surface area contributed by atoms with Gasteiger partial charge in [0.2, 0.25) is 0 Å². The highest BCUT2D eigenvalue weighted by Gasteiger charge is 2.10. The zero-order valence-electron chi connectivity index (χ0n) is 19.1. The predicted octanol–water partition coefficient (Wildman–Crippen LogP) is 5.87. The molecule has 0 saturated carbocycles. The Balaban J connectivity index is 0.00000240. The van der Waals surface area contributed by atoms with Crippen molar-refractivity contribution in [3.05, 3.63) is 36.4 Å². The normalized spacial score (nSPS) is 11.0. The van der Waals surface area contributed by atoms with Crippen molar-refractivity contribution in [2.45, 2.75) is 27.7 Å². The van der Waals surface area contributed by atoms with Crippen LogP contribution in [0.5, 0.6) is 11.5 Å². The van der Waals surface area contributed by atoms with Gasteiger partial charge in [0.1, 0.15) is 35.9 Å². The maximum absolute atomic E-state index is 6.04. The first-order valence-electron chi connectivity index (χ1n) is 10.8. The van der Waals surface area contributed by atoms with Gasteiger partial charge in [-0.25, -0.2) is 0 Å². The van der Waals surface area contributed by atoms with Crippen LogP contribution >= 0.6 is 24.8 Å². The lowest BCUT2D eigenvalue weighted by Crippen LogP contribution is -2.27. The van der Waals surface area contributed by atoms with Crippen molar-refractivity contribution in [1.82, 2.24) is 9.80 Å². The van der Waals surface area contributed by atoms with Gasteiger partial charge in [0.25, 0.3) is 0 Å². The van der Waals surface area contributed by atoms with Crippen LogP contribution < -0.4 is 9.47 Å². The van der Waals surface area contributed by atoms with Crippen molar-refractivity contribution in [2.75, 3.05) is 52.5 Å². The number of hydrogen-bond donors (Lipinski definition) is 0. The van der Waals surface area contributed by atoms with E-state index in [1.54, 1.807) is 0 Å². The Morgan fingerprint density at radius 2 is 1.16 bits per heavy atom.